The number of para-hydroxylation sites is 1. The van der Waals surface area contributed by atoms with Crippen molar-refractivity contribution in [3.63, 3.8) is 0 Å². The number of nitrogens with zero attached hydrogens (tertiary/aromatic N) is 2. The van der Waals surface area contributed by atoms with Gasteiger partial charge in [-0.1, -0.05) is 18.2 Å². The normalized spacial score (nSPS) is 10.8. The summed E-state index contributed by atoms with van der Waals surface area (Å²) in [7, 11) is 0. The molecule has 0 aliphatic carbocycles. The molecule has 0 bridgehead atoms. The second-order valence-corrected chi connectivity index (χ2v) is 3.97. The summed E-state index contributed by atoms with van der Waals surface area (Å²) >= 11 is 4.95. The van der Waals surface area contributed by atoms with E-state index in [2.05, 4.69) is 15.1 Å². The zero-order chi connectivity index (χ0) is 11.8. The summed E-state index contributed by atoms with van der Waals surface area (Å²) in [6.45, 7) is 0. The molecule has 0 saturated heterocycles. The van der Waals surface area contributed by atoms with E-state index in [1.807, 2.05) is 30.3 Å². The van der Waals surface area contributed by atoms with E-state index in [1.54, 1.807) is 4.68 Å². The summed E-state index contributed by atoms with van der Waals surface area (Å²) in [6, 6.07) is 9.55. The van der Waals surface area contributed by atoms with Crippen molar-refractivity contribution in [3.8, 4) is 5.69 Å². The molecular weight excluding hydrogens is 236 g/mol. The maximum atomic E-state index is 11.6. The van der Waals surface area contributed by atoms with Crippen molar-refractivity contribution in [2.45, 2.75) is 0 Å². The lowest BCUT2D eigenvalue weighted by Gasteiger charge is -2.01. The second-order valence-electron chi connectivity index (χ2n) is 3.56. The highest BCUT2D eigenvalue weighted by Gasteiger charge is 2.07. The van der Waals surface area contributed by atoms with Crippen molar-refractivity contribution in [2.75, 3.05) is 0 Å². The molecule has 0 saturated carbocycles. The van der Waals surface area contributed by atoms with Crippen molar-refractivity contribution >= 4 is 23.3 Å². The number of hydrogen-bond acceptors (Lipinski definition) is 3. The van der Waals surface area contributed by atoms with E-state index < -0.39 is 0 Å². The third-order valence-corrected chi connectivity index (χ3v) is 2.68. The van der Waals surface area contributed by atoms with Crippen LogP contribution < -0.4 is 5.56 Å². The van der Waals surface area contributed by atoms with Gasteiger partial charge in [0, 0.05) is 0 Å². The first-order valence-corrected chi connectivity index (χ1v) is 5.42. The Balaban J connectivity index is 2.40. The van der Waals surface area contributed by atoms with Gasteiger partial charge in [-0.05, 0) is 24.4 Å². The molecule has 2 N–H and O–H groups in total. The van der Waals surface area contributed by atoms with Gasteiger partial charge in [-0.3, -0.25) is 9.78 Å². The molecule has 0 radical (unpaired) electrons. The molecule has 84 valence electrons. The molecule has 0 aliphatic heterocycles. The molecule has 0 fully saturated rings. The Hall–Kier alpha value is -2.21. The van der Waals surface area contributed by atoms with E-state index >= 15 is 0 Å². The van der Waals surface area contributed by atoms with Crippen LogP contribution in [0.15, 0.2) is 41.3 Å². The lowest BCUT2D eigenvalue weighted by molar-refractivity contribution is 0.893. The van der Waals surface area contributed by atoms with Gasteiger partial charge < -0.3 is 4.98 Å². The fourth-order valence-corrected chi connectivity index (χ4v) is 1.90. The molecule has 0 amide bonds. The molecule has 0 unspecified atom stereocenters. The number of aromatic amines is 2. The molecular formula is C11H8N4OS. The fourth-order valence-electron chi connectivity index (χ4n) is 1.71. The summed E-state index contributed by atoms with van der Waals surface area (Å²) < 4.78 is 1.94. The van der Waals surface area contributed by atoms with E-state index in [9.17, 15) is 4.79 Å². The number of aromatic nitrogens is 4. The third kappa shape index (κ3) is 1.58. The fraction of sp³-hybridized carbons (Fsp3) is 0. The molecule has 0 spiro atoms. The number of nitrogens with one attached hydrogen (secondary N) is 2. The van der Waals surface area contributed by atoms with Gasteiger partial charge >= 0.3 is 0 Å². The molecule has 6 heteroatoms. The highest BCUT2D eigenvalue weighted by atomic mass is 32.1. The van der Waals surface area contributed by atoms with Crippen molar-refractivity contribution in [1.29, 1.82) is 0 Å². The van der Waals surface area contributed by atoms with Crippen LogP contribution in [0.3, 0.4) is 0 Å². The van der Waals surface area contributed by atoms with Crippen LogP contribution in [0, 0.1) is 4.77 Å². The first-order valence-electron chi connectivity index (χ1n) is 5.01. The summed E-state index contributed by atoms with van der Waals surface area (Å²) in [6.07, 6.45) is 1.52. The van der Waals surface area contributed by atoms with E-state index in [0.29, 0.717) is 15.8 Å². The predicted molar refractivity (Wildman–Crippen MR) is 66.9 cm³/mol. The Morgan fingerprint density at radius 1 is 1.18 bits per heavy atom. The Morgan fingerprint density at radius 2 is 1.94 bits per heavy atom. The average Bonchev–Trinajstić information content (AvgIpc) is 2.74. The summed E-state index contributed by atoms with van der Waals surface area (Å²) in [4.78, 5) is 17.1. The van der Waals surface area contributed by atoms with Crippen LogP contribution in [-0.2, 0) is 0 Å². The zero-order valence-electron chi connectivity index (χ0n) is 8.68. The maximum Gasteiger partial charge on any atom is 0.262 e. The monoisotopic (exact) mass is 244 g/mol. The molecule has 5 nitrogen and oxygen atoms in total. The molecule has 2 heterocycles. The van der Waals surface area contributed by atoms with Crippen LogP contribution in [0.4, 0.5) is 0 Å². The summed E-state index contributed by atoms with van der Waals surface area (Å²) in [5, 5.41) is 4.68. The maximum absolute atomic E-state index is 11.6. The van der Waals surface area contributed by atoms with Gasteiger partial charge in [-0.25, -0.2) is 4.68 Å². The highest BCUT2D eigenvalue weighted by molar-refractivity contribution is 7.71. The van der Waals surface area contributed by atoms with Crippen LogP contribution in [0.25, 0.3) is 16.7 Å². The van der Waals surface area contributed by atoms with Crippen LogP contribution in [0.2, 0.25) is 0 Å². The van der Waals surface area contributed by atoms with E-state index in [4.69, 9.17) is 12.2 Å². The number of benzene rings is 1. The Morgan fingerprint density at radius 3 is 2.71 bits per heavy atom. The largest absolute Gasteiger partial charge is 0.316 e. The number of rotatable bonds is 1. The van der Waals surface area contributed by atoms with Gasteiger partial charge in [0.1, 0.15) is 11.0 Å². The SMILES string of the molecule is O=c1[nH]c(=S)[nH]c2c1cnn2-c1ccccc1. The quantitative estimate of drug-likeness (QED) is 0.641. The van der Waals surface area contributed by atoms with E-state index in [0.717, 1.165) is 5.69 Å². The van der Waals surface area contributed by atoms with Crippen molar-refractivity contribution in [1.82, 2.24) is 19.7 Å². The molecule has 1 aromatic carbocycles. The molecule has 17 heavy (non-hydrogen) atoms. The van der Waals surface area contributed by atoms with Crippen LogP contribution in [0.1, 0.15) is 0 Å². The first kappa shape index (κ1) is 9.98. The zero-order valence-corrected chi connectivity index (χ0v) is 9.49. The molecule has 3 aromatic rings. The van der Waals surface area contributed by atoms with E-state index in [1.165, 1.54) is 6.20 Å². The van der Waals surface area contributed by atoms with E-state index in [-0.39, 0.29) is 5.56 Å². The molecule has 2 aromatic heterocycles. The third-order valence-electron chi connectivity index (χ3n) is 2.47. The Bertz CT molecular complexity index is 784. The Kier molecular flexibility index (Phi) is 2.15. The molecule has 0 atom stereocenters. The minimum absolute atomic E-state index is 0.231. The number of H-pyrrole nitrogens is 2. The number of hydrogen-bond donors (Lipinski definition) is 2. The standard InChI is InChI=1S/C11H8N4OS/c16-10-8-6-12-15(7-4-2-1-3-5-7)9(8)13-11(17)14-10/h1-6H,(H2,13,14,16,17). The summed E-state index contributed by atoms with van der Waals surface area (Å²) in [5.74, 6) is 0. The highest BCUT2D eigenvalue weighted by Crippen LogP contribution is 2.12. The van der Waals surface area contributed by atoms with Crippen LogP contribution >= 0.6 is 12.2 Å². The van der Waals surface area contributed by atoms with Crippen LogP contribution in [-0.4, -0.2) is 19.7 Å². The van der Waals surface area contributed by atoms with Crippen molar-refractivity contribution in [3.05, 3.63) is 51.7 Å². The van der Waals surface area contributed by atoms with Crippen molar-refractivity contribution in [2.24, 2.45) is 0 Å². The lowest BCUT2D eigenvalue weighted by atomic mass is 10.3. The number of fused-ring (bicyclic) bond motifs is 1. The van der Waals surface area contributed by atoms with Gasteiger partial charge in [0.2, 0.25) is 0 Å². The molecule has 3 rings (SSSR count). The lowest BCUT2D eigenvalue weighted by Crippen LogP contribution is -2.08. The van der Waals surface area contributed by atoms with Gasteiger partial charge in [-0.15, -0.1) is 0 Å². The topological polar surface area (TPSA) is 66.5 Å². The van der Waals surface area contributed by atoms with Crippen molar-refractivity contribution < 1.29 is 0 Å². The predicted octanol–water partition coefficient (Wildman–Crippen LogP) is 1.77. The van der Waals surface area contributed by atoms with Gasteiger partial charge in [0.15, 0.2) is 4.77 Å². The second kappa shape index (κ2) is 3.67. The Labute approximate surface area is 101 Å². The van der Waals surface area contributed by atoms with Crippen LogP contribution in [0.5, 0.6) is 0 Å². The first-order chi connectivity index (χ1) is 8.25. The minimum Gasteiger partial charge on any atom is -0.316 e. The average molecular weight is 244 g/mol. The van der Waals surface area contributed by atoms with Gasteiger partial charge in [0.05, 0.1) is 11.9 Å². The summed E-state index contributed by atoms with van der Waals surface area (Å²) in [5.41, 5.74) is 1.25. The van der Waals surface area contributed by atoms with Gasteiger partial charge in [-0.2, -0.15) is 5.10 Å². The smallest absolute Gasteiger partial charge is 0.262 e. The minimum atomic E-state index is -0.231. The molecule has 0 aliphatic rings. The van der Waals surface area contributed by atoms with Gasteiger partial charge in [0.25, 0.3) is 5.56 Å².